The number of benzene rings is 1. The van der Waals surface area contributed by atoms with Gasteiger partial charge >= 0.3 is 0 Å². The van der Waals surface area contributed by atoms with Gasteiger partial charge in [0.15, 0.2) is 11.5 Å². The van der Waals surface area contributed by atoms with E-state index in [-0.39, 0.29) is 11.3 Å². The lowest BCUT2D eigenvalue weighted by molar-refractivity contribution is 0.0951. The van der Waals surface area contributed by atoms with E-state index in [1.165, 1.54) is 18.2 Å². The highest BCUT2D eigenvalue weighted by molar-refractivity contribution is 5.97. The first-order valence-electron chi connectivity index (χ1n) is 4.85. The molecule has 0 unspecified atom stereocenters. The monoisotopic (exact) mass is 219 g/mol. The SMILES string of the molecule is CC#CCCNC(=O)c1cccc(O)c1O. The molecule has 0 fully saturated rings. The third-order valence-corrected chi connectivity index (χ3v) is 1.97. The van der Waals surface area contributed by atoms with Gasteiger partial charge in [-0.05, 0) is 19.1 Å². The number of nitrogens with one attached hydrogen (secondary N) is 1. The average Bonchev–Trinajstić information content (AvgIpc) is 2.28. The van der Waals surface area contributed by atoms with Crippen molar-refractivity contribution in [3.05, 3.63) is 23.8 Å². The molecular formula is C12H13NO3. The summed E-state index contributed by atoms with van der Waals surface area (Å²) in [5.41, 5.74) is 0.0597. The number of rotatable bonds is 3. The van der Waals surface area contributed by atoms with Crippen LogP contribution in [-0.4, -0.2) is 22.7 Å². The van der Waals surface area contributed by atoms with Crippen LogP contribution in [0.5, 0.6) is 11.5 Å². The summed E-state index contributed by atoms with van der Waals surface area (Å²) < 4.78 is 0. The third kappa shape index (κ3) is 2.92. The minimum Gasteiger partial charge on any atom is -0.504 e. The fourth-order valence-electron chi connectivity index (χ4n) is 1.17. The summed E-state index contributed by atoms with van der Waals surface area (Å²) >= 11 is 0. The van der Waals surface area contributed by atoms with Gasteiger partial charge in [0.25, 0.3) is 5.91 Å². The van der Waals surface area contributed by atoms with Gasteiger partial charge in [-0.3, -0.25) is 4.79 Å². The molecule has 0 aromatic heterocycles. The fraction of sp³-hybridized carbons (Fsp3) is 0.250. The average molecular weight is 219 g/mol. The summed E-state index contributed by atoms with van der Waals surface area (Å²) in [6.45, 7) is 2.14. The van der Waals surface area contributed by atoms with Gasteiger partial charge in [-0.1, -0.05) is 6.07 Å². The summed E-state index contributed by atoms with van der Waals surface area (Å²) in [6, 6.07) is 4.25. The molecule has 0 saturated heterocycles. The van der Waals surface area contributed by atoms with Crippen molar-refractivity contribution in [2.24, 2.45) is 0 Å². The molecule has 1 rings (SSSR count). The minimum atomic E-state index is -0.425. The zero-order chi connectivity index (χ0) is 12.0. The molecule has 16 heavy (non-hydrogen) atoms. The van der Waals surface area contributed by atoms with E-state index < -0.39 is 11.7 Å². The highest BCUT2D eigenvalue weighted by Crippen LogP contribution is 2.27. The zero-order valence-corrected chi connectivity index (χ0v) is 8.95. The number of aromatic hydroxyl groups is 2. The van der Waals surface area contributed by atoms with E-state index in [0.29, 0.717) is 13.0 Å². The molecule has 0 aliphatic carbocycles. The Bertz CT molecular complexity index is 443. The van der Waals surface area contributed by atoms with Crippen molar-refractivity contribution in [1.82, 2.24) is 5.32 Å². The Morgan fingerprint density at radius 2 is 2.19 bits per heavy atom. The minimum absolute atomic E-state index is 0.0597. The Labute approximate surface area is 93.9 Å². The van der Waals surface area contributed by atoms with E-state index in [2.05, 4.69) is 17.2 Å². The Hall–Kier alpha value is -2.15. The van der Waals surface area contributed by atoms with Crippen LogP contribution in [0.1, 0.15) is 23.7 Å². The van der Waals surface area contributed by atoms with Gasteiger partial charge in [0.2, 0.25) is 0 Å². The number of hydrogen-bond acceptors (Lipinski definition) is 3. The molecule has 1 aromatic carbocycles. The number of carbonyl (C=O) groups excluding carboxylic acids is 1. The van der Waals surface area contributed by atoms with Gasteiger partial charge < -0.3 is 15.5 Å². The van der Waals surface area contributed by atoms with E-state index in [9.17, 15) is 15.0 Å². The topological polar surface area (TPSA) is 69.6 Å². The molecule has 84 valence electrons. The van der Waals surface area contributed by atoms with Crippen molar-refractivity contribution >= 4 is 5.91 Å². The normalized spacial score (nSPS) is 9.06. The molecule has 0 heterocycles. The van der Waals surface area contributed by atoms with Crippen LogP contribution in [0.25, 0.3) is 0 Å². The second kappa shape index (κ2) is 5.66. The predicted octanol–water partition coefficient (Wildman–Crippen LogP) is 1.24. The lowest BCUT2D eigenvalue weighted by Crippen LogP contribution is -2.24. The molecular weight excluding hydrogens is 206 g/mol. The summed E-state index contributed by atoms with van der Waals surface area (Å²) in [6.07, 6.45) is 0.557. The molecule has 0 bridgehead atoms. The van der Waals surface area contributed by atoms with Crippen molar-refractivity contribution in [2.75, 3.05) is 6.54 Å². The number of para-hydroxylation sites is 1. The molecule has 1 aromatic rings. The second-order valence-corrected chi connectivity index (χ2v) is 3.11. The van der Waals surface area contributed by atoms with Crippen LogP contribution in [0.15, 0.2) is 18.2 Å². The van der Waals surface area contributed by atoms with Crippen molar-refractivity contribution < 1.29 is 15.0 Å². The van der Waals surface area contributed by atoms with Crippen LogP contribution in [-0.2, 0) is 0 Å². The van der Waals surface area contributed by atoms with Crippen molar-refractivity contribution in [3.8, 4) is 23.3 Å². The first kappa shape index (κ1) is 11.9. The number of phenolic OH excluding ortho intramolecular Hbond substituents is 2. The van der Waals surface area contributed by atoms with Crippen molar-refractivity contribution in [1.29, 1.82) is 0 Å². The summed E-state index contributed by atoms with van der Waals surface area (Å²) in [4.78, 5) is 11.6. The fourth-order valence-corrected chi connectivity index (χ4v) is 1.17. The van der Waals surface area contributed by atoms with Gasteiger partial charge in [-0.2, -0.15) is 0 Å². The van der Waals surface area contributed by atoms with E-state index in [0.717, 1.165) is 0 Å². The molecule has 4 heteroatoms. The molecule has 1 amide bonds. The largest absolute Gasteiger partial charge is 0.504 e. The number of phenols is 2. The highest BCUT2D eigenvalue weighted by atomic mass is 16.3. The van der Waals surface area contributed by atoms with E-state index >= 15 is 0 Å². The Balaban J connectivity index is 2.65. The molecule has 0 atom stereocenters. The zero-order valence-electron chi connectivity index (χ0n) is 8.95. The molecule has 3 N–H and O–H groups in total. The quantitative estimate of drug-likeness (QED) is 0.407. The molecule has 0 spiro atoms. The maximum absolute atomic E-state index is 11.6. The van der Waals surface area contributed by atoms with Gasteiger partial charge in [0.1, 0.15) is 0 Å². The van der Waals surface area contributed by atoms with E-state index in [4.69, 9.17) is 0 Å². The van der Waals surface area contributed by atoms with Gasteiger partial charge in [-0.25, -0.2) is 0 Å². The maximum Gasteiger partial charge on any atom is 0.255 e. The number of carbonyl (C=O) groups is 1. The van der Waals surface area contributed by atoms with Gasteiger partial charge in [0, 0.05) is 13.0 Å². The van der Waals surface area contributed by atoms with Crippen LogP contribution in [0.2, 0.25) is 0 Å². The lowest BCUT2D eigenvalue weighted by atomic mass is 10.1. The predicted molar refractivity (Wildman–Crippen MR) is 60.2 cm³/mol. The molecule has 0 aliphatic rings. The van der Waals surface area contributed by atoms with Crippen LogP contribution < -0.4 is 5.32 Å². The van der Waals surface area contributed by atoms with E-state index in [1.807, 2.05) is 0 Å². The van der Waals surface area contributed by atoms with E-state index in [1.54, 1.807) is 6.92 Å². The van der Waals surface area contributed by atoms with Crippen LogP contribution in [0, 0.1) is 11.8 Å². The molecule has 0 aliphatic heterocycles. The van der Waals surface area contributed by atoms with Crippen molar-refractivity contribution in [3.63, 3.8) is 0 Å². The summed E-state index contributed by atoms with van der Waals surface area (Å²) in [5, 5.41) is 21.2. The van der Waals surface area contributed by atoms with Gasteiger partial charge in [-0.15, -0.1) is 11.8 Å². The van der Waals surface area contributed by atoms with Crippen molar-refractivity contribution in [2.45, 2.75) is 13.3 Å². The van der Waals surface area contributed by atoms with Crippen LogP contribution in [0.3, 0.4) is 0 Å². The molecule has 0 radical (unpaired) electrons. The highest BCUT2D eigenvalue weighted by Gasteiger charge is 2.12. The second-order valence-electron chi connectivity index (χ2n) is 3.11. The van der Waals surface area contributed by atoms with Gasteiger partial charge in [0.05, 0.1) is 5.56 Å². The Morgan fingerprint density at radius 1 is 1.44 bits per heavy atom. The summed E-state index contributed by atoms with van der Waals surface area (Å²) in [5.74, 6) is 4.38. The Kier molecular flexibility index (Phi) is 4.22. The Morgan fingerprint density at radius 3 is 2.88 bits per heavy atom. The number of hydrogen-bond donors (Lipinski definition) is 3. The molecule has 0 saturated carbocycles. The summed E-state index contributed by atoms with van der Waals surface area (Å²) in [7, 11) is 0. The molecule has 4 nitrogen and oxygen atoms in total. The van der Waals surface area contributed by atoms with Crippen LogP contribution >= 0.6 is 0 Å². The number of amides is 1. The third-order valence-electron chi connectivity index (χ3n) is 1.97. The maximum atomic E-state index is 11.6. The first-order valence-corrected chi connectivity index (χ1v) is 4.85. The first-order chi connectivity index (χ1) is 7.66. The standard InChI is InChI=1S/C12H13NO3/c1-2-3-4-8-13-12(16)9-6-5-7-10(14)11(9)15/h5-7,14-15H,4,8H2,1H3,(H,13,16). The smallest absolute Gasteiger partial charge is 0.255 e. The van der Waals surface area contributed by atoms with Crippen LogP contribution in [0.4, 0.5) is 0 Å². The lowest BCUT2D eigenvalue weighted by Gasteiger charge is -2.06.